The summed E-state index contributed by atoms with van der Waals surface area (Å²) in [6.45, 7) is 5.94. The standard InChI is InChI=1S/C25H29N3O6/c1-25(2,3)34-24(32)28(14-11-21(26)29)13-6-12-27-23(31)16-9-10-20-18(15-16)22(30)17-7-4-5-8-19(17)33-20/h4-5,7-10,15H,6,11-14H2,1-3H3,(H2,26,29)(H,27,31). The van der Waals surface area contributed by atoms with Gasteiger partial charge in [-0.3, -0.25) is 14.4 Å². The van der Waals surface area contributed by atoms with Crippen LogP contribution < -0.4 is 16.5 Å². The first-order valence-corrected chi connectivity index (χ1v) is 11.1. The Labute approximate surface area is 196 Å². The highest BCUT2D eigenvalue weighted by Crippen LogP contribution is 2.19. The fourth-order valence-electron chi connectivity index (χ4n) is 3.38. The van der Waals surface area contributed by atoms with Crippen LogP contribution >= 0.6 is 0 Å². The van der Waals surface area contributed by atoms with Crippen LogP contribution in [0.1, 0.15) is 44.0 Å². The fourth-order valence-corrected chi connectivity index (χ4v) is 3.38. The van der Waals surface area contributed by atoms with Crippen LogP contribution in [0.25, 0.3) is 21.9 Å². The molecule has 3 N–H and O–H groups in total. The van der Waals surface area contributed by atoms with Crippen molar-refractivity contribution in [2.75, 3.05) is 19.6 Å². The van der Waals surface area contributed by atoms with E-state index >= 15 is 0 Å². The van der Waals surface area contributed by atoms with Crippen LogP contribution in [0.2, 0.25) is 0 Å². The van der Waals surface area contributed by atoms with E-state index in [-0.39, 0.29) is 37.4 Å². The normalized spacial score (nSPS) is 11.4. The summed E-state index contributed by atoms with van der Waals surface area (Å²) in [5.74, 6) is -0.870. The van der Waals surface area contributed by atoms with E-state index in [0.717, 1.165) is 0 Å². The van der Waals surface area contributed by atoms with Crippen molar-refractivity contribution in [2.24, 2.45) is 5.73 Å². The van der Waals surface area contributed by atoms with E-state index in [0.29, 0.717) is 33.9 Å². The number of fused-ring (bicyclic) bond motifs is 2. The largest absolute Gasteiger partial charge is 0.456 e. The lowest BCUT2D eigenvalue weighted by Crippen LogP contribution is -2.40. The molecule has 3 rings (SSSR count). The fraction of sp³-hybridized carbons (Fsp3) is 0.360. The number of carbonyl (C=O) groups excluding carboxylic acids is 3. The first-order chi connectivity index (χ1) is 16.0. The molecule has 1 heterocycles. The Morgan fingerprint density at radius 1 is 1.03 bits per heavy atom. The summed E-state index contributed by atoms with van der Waals surface area (Å²) in [6.07, 6.45) is -0.0992. The number of para-hydroxylation sites is 1. The first-order valence-electron chi connectivity index (χ1n) is 11.1. The van der Waals surface area contributed by atoms with Crippen molar-refractivity contribution in [1.29, 1.82) is 0 Å². The maximum atomic E-state index is 12.8. The molecule has 0 spiro atoms. The minimum absolute atomic E-state index is 0.0138. The van der Waals surface area contributed by atoms with Crippen LogP contribution in [0, 0.1) is 0 Å². The molecule has 0 saturated carbocycles. The van der Waals surface area contributed by atoms with Crippen LogP contribution in [0.3, 0.4) is 0 Å². The van der Waals surface area contributed by atoms with Gasteiger partial charge in [0.1, 0.15) is 16.8 Å². The number of rotatable bonds is 8. The molecule has 1 aromatic heterocycles. The van der Waals surface area contributed by atoms with Crippen LogP contribution in [0.5, 0.6) is 0 Å². The molecule has 180 valence electrons. The third kappa shape index (κ3) is 6.34. The summed E-state index contributed by atoms with van der Waals surface area (Å²) in [6, 6.07) is 11.7. The van der Waals surface area contributed by atoms with Gasteiger partial charge in [-0.1, -0.05) is 12.1 Å². The molecular weight excluding hydrogens is 438 g/mol. The van der Waals surface area contributed by atoms with Gasteiger partial charge in [0.05, 0.1) is 10.8 Å². The summed E-state index contributed by atoms with van der Waals surface area (Å²) < 4.78 is 11.1. The predicted octanol–water partition coefficient (Wildman–Crippen LogP) is 3.18. The highest BCUT2D eigenvalue weighted by molar-refractivity contribution is 5.99. The Hall–Kier alpha value is -3.88. The average molecular weight is 468 g/mol. The number of amides is 3. The molecule has 3 amide bonds. The number of hydrogen-bond acceptors (Lipinski definition) is 6. The lowest BCUT2D eigenvalue weighted by atomic mass is 10.1. The van der Waals surface area contributed by atoms with Gasteiger partial charge < -0.3 is 25.1 Å². The molecule has 0 aliphatic rings. The number of benzene rings is 2. The Balaban J connectivity index is 1.63. The zero-order valence-electron chi connectivity index (χ0n) is 19.6. The van der Waals surface area contributed by atoms with Gasteiger partial charge in [-0.05, 0) is 57.5 Å². The molecule has 34 heavy (non-hydrogen) atoms. The molecule has 0 aliphatic carbocycles. The van der Waals surface area contributed by atoms with Crippen molar-refractivity contribution in [2.45, 2.75) is 39.2 Å². The van der Waals surface area contributed by atoms with Gasteiger partial charge in [0, 0.05) is 31.6 Å². The van der Waals surface area contributed by atoms with E-state index in [4.69, 9.17) is 14.9 Å². The Morgan fingerprint density at radius 2 is 1.74 bits per heavy atom. The third-order valence-corrected chi connectivity index (χ3v) is 5.01. The first kappa shape index (κ1) is 24.8. The smallest absolute Gasteiger partial charge is 0.410 e. The summed E-state index contributed by atoms with van der Waals surface area (Å²) in [5, 5.41) is 3.56. The number of carbonyl (C=O) groups is 3. The summed E-state index contributed by atoms with van der Waals surface area (Å²) in [5.41, 5.74) is 5.55. The molecule has 3 aromatic rings. The summed E-state index contributed by atoms with van der Waals surface area (Å²) in [4.78, 5) is 50.4. The van der Waals surface area contributed by atoms with Crippen molar-refractivity contribution in [3.8, 4) is 0 Å². The predicted molar refractivity (Wildman–Crippen MR) is 129 cm³/mol. The SMILES string of the molecule is CC(C)(C)OC(=O)N(CCCNC(=O)c1ccc2oc3ccccc3c(=O)c2c1)CCC(N)=O. The highest BCUT2D eigenvalue weighted by Gasteiger charge is 2.22. The van der Waals surface area contributed by atoms with E-state index in [2.05, 4.69) is 5.32 Å². The molecule has 0 radical (unpaired) electrons. The minimum atomic E-state index is -0.676. The summed E-state index contributed by atoms with van der Waals surface area (Å²) in [7, 11) is 0. The van der Waals surface area contributed by atoms with Gasteiger partial charge in [0.25, 0.3) is 5.91 Å². The maximum absolute atomic E-state index is 12.8. The number of primary amides is 1. The van der Waals surface area contributed by atoms with Crippen molar-refractivity contribution in [3.63, 3.8) is 0 Å². The molecule has 0 aliphatic heterocycles. The maximum Gasteiger partial charge on any atom is 0.410 e. The van der Waals surface area contributed by atoms with Crippen molar-refractivity contribution in [3.05, 3.63) is 58.3 Å². The van der Waals surface area contributed by atoms with E-state index in [9.17, 15) is 19.2 Å². The van der Waals surface area contributed by atoms with Gasteiger partial charge in [-0.15, -0.1) is 0 Å². The number of ether oxygens (including phenoxy) is 1. The van der Waals surface area contributed by atoms with Gasteiger partial charge in [0.2, 0.25) is 11.3 Å². The van der Waals surface area contributed by atoms with Gasteiger partial charge in [0.15, 0.2) is 0 Å². The lowest BCUT2D eigenvalue weighted by molar-refractivity contribution is -0.118. The molecule has 0 unspecified atom stereocenters. The van der Waals surface area contributed by atoms with E-state index in [1.54, 1.807) is 57.2 Å². The average Bonchev–Trinajstić information content (AvgIpc) is 2.77. The zero-order valence-corrected chi connectivity index (χ0v) is 19.6. The summed E-state index contributed by atoms with van der Waals surface area (Å²) >= 11 is 0. The van der Waals surface area contributed by atoms with Crippen LogP contribution in [-0.2, 0) is 9.53 Å². The van der Waals surface area contributed by atoms with Crippen molar-refractivity contribution in [1.82, 2.24) is 10.2 Å². The van der Waals surface area contributed by atoms with E-state index in [1.807, 2.05) is 0 Å². The quantitative estimate of drug-likeness (QED) is 0.386. The zero-order chi connectivity index (χ0) is 24.9. The number of hydrogen-bond donors (Lipinski definition) is 2. The monoisotopic (exact) mass is 467 g/mol. The second-order valence-electron chi connectivity index (χ2n) is 8.93. The van der Waals surface area contributed by atoms with Gasteiger partial charge in [-0.2, -0.15) is 0 Å². The third-order valence-electron chi connectivity index (χ3n) is 5.01. The second kappa shape index (κ2) is 10.4. The molecule has 0 saturated heterocycles. The highest BCUT2D eigenvalue weighted by atomic mass is 16.6. The lowest BCUT2D eigenvalue weighted by Gasteiger charge is -2.27. The van der Waals surface area contributed by atoms with Crippen LogP contribution in [0.4, 0.5) is 4.79 Å². The van der Waals surface area contributed by atoms with E-state index in [1.165, 1.54) is 11.0 Å². The molecule has 0 atom stereocenters. The molecule has 0 fully saturated rings. The number of nitrogens with one attached hydrogen (secondary N) is 1. The molecule has 9 nitrogen and oxygen atoms in total. The Kier molecular flexibility index (Phi) is 7.55. The van der Waals surface area contributed by atoms with Crippen LogP contribution in [0.15, 0.2) is 51.7 Å². The molecule has 0 bridgehead atoms. The molecule has 9 heteroatoms. The molecule has 2 aromatic carbocycles. The van der Waals surface area contributed by atoms with E-state index < -0.39 is 17.6 Å². The minimum Gasteiger partial charge on any atom is -0.456 e. The number of nitrogens with zero attached hydrogens (tertiary/aromatic N) is 1. The Bertz CT molecular complexity index is 1280. The van der Waals surface area contributed by atoms with Gasteiger partial charge in [-0.25, -0.2) is 4.79 Å². The van der Waals surface area contributed by atoms with Crippen molar-refractivity contribution >= 4 is 39.8 Å². The second-order valence-corrected chi connectivity index (χ2v) is 8.93. The topological polar surface area (TPSA) is 132 Å². The van der Waals surface area contributed by atoms with Crippen molar-refractivity contribution < 1.29 is 23.5 Å². The Morgan fingerprint density at radius 3 is 2.44 bits per heavy atom. The van der Waals surface area contributed by atoms with Crippen LogP contribution in [-0.4, -0.2) is 48.0 Å². The number of nitrogens with two attached hydrogens (primary N) is 1. The van der Waals surface area contributed by atoms with Gasteiger partial charge >= 0.3 is 6.09 Å². The molecular formula is C25H29N3O6.